The van der Waals surface area contributed by atoms with Crippen molar-refractivity contribution in [2.24, 2.45) is 10.2 Å². The highest BCUT2D eigenvalue weighted by molar-refractivity contribution is 7.15. The predicted octanol–water partition coefficient (Wildman–Crippen LogP) is 6.87. The van der Waals surface area contributed by atoms with E-state index in [2.05, 4.69) is 15.2 Å². The van der Waals surface area contributed by atoms with E-state index in [9.17, 15) is 4.39 Å². The Balaban J connectivity index is 1.78. The molecule has 0 aliphatic heterocycles. The first-order valence-corrected chi connectivity index (χ1v) is 9.98. The molecule has 144 valence electrons. The van der Waals surface area contributed by atoms with Gasteiger partial charge in [-0.3, -0.25) is 0 Å². The van der Waals surface area contributed by atoms with E-state index in [1.807, 2.05) is 31.2 Å². The van der Waals surface area contributed by atoms with E-state index in [-0.39, 0.29) is 5.82 Å². The zero-order valence-corrected chi connectivity index (χ0v) is 17.4. The van der Waals surface area contributed by atoms with Crippen molar-refractivity contribution in [2.75, 3.05) is 0 Å². The summed E-state index contributed by atoms with van der Waals surface area (Å²) in [5.41, 5.74) is 3.51. The Labute approximate surface area is 172 Å². The molecule has 0 spiro atoms. The van der Waals surface area contributed by atoms with Gasteiger partial charge < -0.3 is 5.41 Å². The predicted molar refractivity (Wildman–Crippen MR) is 114 cm³/mol. The second-order valence-corrected chi connectivity index (χ2v) is 8.04. The summed E-state index contributed by atoms with van der Waals surface area (Å²) >= 11 is 7.54. The van der Waals surface area contributed by atoms with E-state index in [4.69, 9.17) is 17.0 Å². The number of azo groups is 1. The molecule has 0 aliphatic rings. The van der Waals surface area contributed by atoms with Gasteiger partial charge in [-0.05, 0) is 50.1 Å². The molecule has 0 bridgehead atoms. The number of aryl methyl sites for hydroxylation is 2. The number of nitrogens with one attached hydrogen (secondary N) is 1. The molecule has 1 atom stereocenters. The Bertz CT molecular complexity index is 1030. The standard InChI is InChI=1S/C21H20ClFN4S/c1-12-4-9-18(13(2)20(12)23)27-26-17(11-24)10-19-25-14(3)21(28-19)15-5-7-16(22)8-6-15/h4-9,11,17,24H,10H2,1-3H3. The van der Waals surface area contributed by atoms with Gasteiger partial charge in [-0.1, -0.05) is 29.8 Å². The van der Waals surface area contributed by atoms with E-state index >= 15 is 0 Å². The molecule has 3 rings (SSSR count). The normalized spacial score (nSPS) is 12.5. The molecular weight excluding hydrogens is 395 g/mol. The number of hydrogen-bond donors (Lipinski definition) is 1. The van der Waals surface area contributed by atoms with Crippen LogP contribution in [0.2, 0.25) is 5.02 Å². The number of benzene rings is 2. The highest BCUT2D eigenvalue weighted by Crippen LogP contribution is 2.31. The maximum Gasteiger partial charge on any atom is 0.131 e. The maximum absolute atomic E-state index is 14.0. The largest absolute Gasteiger partial charge is 0.311 e. The van der Waals surface area contributed by atoms with Crippen molar-refractivity contribution in [3.05, 3.63) is 69.1 Å². The average Bonchev–Trinajstić information content (AvgIpc) is 3.05. The Morgan fingerprint density at radius 2 is 1.89 bits per heavy atom. The summed E-state index contributed by atoms with van der Waals surface area (Å²) in [7, 11) is 0. The first-order valence-electron chi connectivity index (χ1n) is 8.78. The molecule has 7 heteroatoms. The summed E-state index contributed by atoms with van der Waals surface area (Å²) in [6, 6.07) is 10.6. The molecule has 1 aromatic heterocycles. The quantitative estimate of drug-likeness (QED) is 0.347. The lowest BCUT2D eigenvalue weighted by molar-refractivity contribution is 0.609. The fraction of sp³-hybridized carbons (Fsp3) is 0.238. The van der Waals surface area contributed by atoms with Gasteiger partial charge in [0.1, 0.15) is 11.9 Å². The van der Waals surface area contributed by atoms with E-state index < -0.39 is 6.04 Å². The number of thiazole rings is 1. The summed E-state index contributed by atoms with van der Waals surface area (Å²) in [4.78, 5) is 5.69. The van der Waals surface area contributed by atoms with E-state index in [0.29, 0.717) is 28.3 Å². The minimum absolute atomic E-state index is 0.272. The van der Waals surface area contributed by atoms with Crippen LogP contribution in [0.5, 0.6) is 0 Å². The first-order chi connectivity index (χ1) is 13.4. The lowest BCUT2D eigenvalue weighted by atomic mass is 10.1. The Morgan fingerprint density at radius 1 is 1.18 bits per heavy atom. The monoisotopic (exact) mass is 414 g/mol. The molecule has 2 aromatic carbocycles. The molecule has 4 nitrogen and oxygen atoms in total. The van der Waals surface area contributed by atoms with E-state index in [1.165, 1.54) is 6.21 Å². The third-order valence-electron chi connectivity index (χ3n) is 4.39. The lowest BCUT2D eigenvalue weighted by Gasteiger charge is -2.05. The van der Waals surface area contributed by atoms with Crippen molar-refractivity contribution in [2.45, 2.75) is 33.2 Å². The Kier molecular flexibility index (Phi) is 6.31. The molecule has 0 saturated heterocycles. The van der Waals surface area contributed by atoms with Gasteiger partial charge in [0, 0.05) is 23.2 Å². The molecule has 0 fully saturated rings. The third kappa shape index (κ3) is 4.51. The zero-order valence-electron chi connectivity index (χ0n) is 15.8. The number of nitrogens with zero attached hydrogens (tertiary/aromatic N) is 3. The summed E-state index contributed by atoms with van der Waals surface area (Å²) < 4.78 is 14.0. The molecule has 0 saturated carbocycles. The van der Waals surface area contributed by atoms with Gasteiger partial charge in [0.05, 0.1) is 21.3 Å². The highest BCUT2D eigenvalue weighted by atomic mass is 35.5. The van der Waals surface area contributed by atoms with Gasteiger partial charge in [0.25, 0.3) is 0 Å². The van der Waals surface area contributed by atoms with Crippen molar-refractivity contribution in [1.82, 2.24) is 4.98 Å². The average molecular weight is 415 g/mol. The Hall–Kier alpha value is -2.44. The summed E-state index contributed by atoms with van der Waals surface area (Å²) in [6.07, 6.45) is 1.71. The third-order valence-corrected chi connectivity index (χ3v) is 5.87. The molecule has 28 heavy (non-hydrogen) atoms. The molecule has 3 aromatic rings. The van der Waals surface area contributed by atoms with E-state index in [1.54, 1.807) is 37.3 Å². The number of halogens is 2. The fourth-order valence-electron chi connectivity index (χ4n) is 2.78. The highest BCUT2D eigenvalue weighted by Gasteiger charge is 2.14. The molecular formula is C21H20ClFN4S. The molecule has 0 aliphatic carbocycles. The smallest absolute Gasteiger partial charge is 0.131 e. The van der Waals surface area contributed by atoms with Gasteiger partial charge in [-0.25, -0.2) is 9.37 Å². The zero-order chi connectivity index (χ0) is 20.3. The van der Waals surface area contributed by atoms with E-state index in [0.717, 1.165) is 21.1 Å². The van der Waals surface area contributed by atoms with Crippen LogP contribution in [0.3, 0.4) is 0 Å². The maximum atomic E-state index is 14.0. The molecule has 1 N–H and O–H groups in total. The minimum atomic E-state index is -0.451. The fourth-order valence-corrected chi connectivity index (χ4v) is 4.02. The van der Waals surface area contributed by atoms with Crippen molar-refractivity contribution >= 4 is 34.8 Å². The second-order valence-electron chi connectivity index (χ2n) is 6.52. The van der Waals surface area contributed by atoms with Crippen LogP contribution >= 0.6 is 22.9 Å². The SMILES string of the molecule is Cc1ccc(N=NC(C=N)Cc2nc(C)c(-c3ccc(Cl)cc3)s2)c(C)c1F. The van der Waals surface area contributed by atoms with Crippen LogP contribution in [-0.2, 0) is 6.42 Å². The summed E-state index contributed by atoms with van der Waals surface area (Å²) in [5, 5.41) is 17.6. The van der Waals surface area contributed by atoms with Crippen molar-refractivity contribution in [1.29, 1.82) is 5.41 Å². The number of aromatic nitrogens is 1. The van der Waals surface area contributed by atoms with Crippen LogP contribution in [0, 0.1) is 32.0 Å². The topological polar surface area (TPSA) is 61.5 Å². The van der Waals surface area contributed by atoms with Crippen molar-refractivity contribution in [3.63, 3.8) is 0 Å². The van der Waals surface area contributed by atoms with Crippen molar-refractivity contribution < 1.29 is 4.39 Å². The van der Waals surface area contributed by atoms with Crippen LogP contribution in [0.1, 0.15) is 21.8 Å². The number of rotatable bonds is 6. The molecule has 1 unspecified atom stereocenters. The molecule has 0 radical (unpaired) electrons. The number of hydrogen-bond acceptors (Lipinski definition) is 5. The van der Waals surface area contributed by atoms with Gasteiger partial charge in [-0.2, -0.15) is 10.2 Å². The minimum Gasteiger partial charge on any atom is -0.311 e. The summed E-state index contributed by atoms with van der Waals surface area (Å²) in [5.74, 6) is -0.272. The van der Waals surface area contributed by atoms with Gasteiger partial charge in [-0.15, -0.1) is 11.3 Å². The van der Waals surface area contributed by atoms with Gasteiger partial charge >= 0.3 is 0 Å². The lowest BCUT2D eigenvalue weighted by Crippen LogP contribution is -2.08. The van der Waals surface area contributed by atoms with Gasteiger partial charge in [0.2, 0.25) is 0 Å². The van der Waals surface area contributed by atoms with Crippen LogP contribution in [0.25, 0.3) is 10.4 Å². The Morgan fingerprint density at radius 3 is 2.57 bits per heavy atom. The van der Waals surface area contributed by atoms with Crippen LogP contribution in [0.4, 0.5) is 10.1 Å². The van der Waals surface area contributed by atoms with Crippen molar-refractivity contribution in [3.8, 4) is 10.4 Å². The molecule has 1 heterocycles. The van der Waals surface area contributed by atoms with Crippen LogP contribution < -0.4 is 0 Å². The second kappa shape index (κ2) is 8.71. The van der Waals surface area contributed by atoms with Crippen LogP contribution in [-0.4, -0.2) is 17.2 Å². The van der Waals surface area contributed by atoms with Crippen LogP contribution in [0.15, 0.2) is 46.6 Å². The first kappa shape index (κ1) is 20.3. The summed E-state index contributed by atoms with van der Waals surface area (Å²) in [6.45, 7) is 5.36. The van der Waals surface area contributed by atoms with Gasteiger partial charge in [0.15, 0.2) is 0 Å². The molecule has 0 amide bonds.